The van der Waals surface area contributed by atoms with Gasteiger partial charge in [-0.15, -0.1) is 0 Å². The van der Waals surface area contributed by atoms with Crippen molar-refractivity contribution in [2.45, 2.75) is 117 Å². The molecule has 0 aromatic carbocycles. The molecule has 0 unspecified atom stereocenters. The van der Waals surface area contributed by atoms with Gasteiger partial charge in [-0.05, 0) is 62.2 Å². The minimum Gasteiger partial charge on any atom is -0.465 e. The highest BCUT2D eigenvalue weighted by atomic mass is 16.5. The Hall–Kier alpha value is -0.530. The monoisotopic (exact) mass is 378 g/mol. The summed E-state index contributed by atoms with van der Waals surface area (Å²) in [5.74, 6) is 3.60. The molecule has 2 heteroatoms. The molecule has 0 aromatic rings. The lowest BCUT2D eigenvalue weighted by atomic mass is 9.68. The summed E-state index contributed by atoms with van der Waals surface area (Å²) in [6.07, 6.45) is 20.2. The minimum atomic E-state index is 0.0838. The molecule has 0 aliphatic heterocycles. The normalized spacial score (nSPS) is 30.0. The van der Waals surface area contributed by atoms with E-state index < -0.39 is 0 Å². The quantitative estimate of drug-likeness (QED) is 0.274. The zero-order valence-corrected chi connectivity index (χ0v) is 18.5. The van der Waals surface area contributed by atoms with E-state index in [4.69, 9.17) is 4.74 Å². The van der Waals surface area contributed by atoms with Gasteiger partial charge in [0.2, 0.25) is 0 Å². The van der Waals surface area contributed by atoms with Gasteiger partial charge < -0.3 is 4.74 Å². The topological polar surface area (TPSA) is 26.3 Å². The third-order valence-corrected chi connectivity index (χ3v) is 7.59. The Kier molecular flexibility index (Phi) is 10.8. The van der Waals surface area contributed by atoms with Crippen molar-refractivity contribution in [1.82, 2.24) is 0 Å². The van der Waals surface area contributed by atoms with Crippen LogP contribution in [0.1, 0.15) is 117 Å². The Morgan fingerprint density at radius 2 is 1.44 bits per heavy atom. The van der Waals surface area contributed by atoms with Crippen LogP contribution in [0.3, 0.4) is 0 Å². The van der Waals surface area contributed by atoms with Crippen LogP contribution < -0.4 is 0 Å². The van der Waals surface area contributed by atoms with E-state index in [1.54, 1.807) is 0 Å². The molecule has 0 amide bonds. The Labute approximate surface area is 169 Å². The highest BCUT2D eigenvalue weighted by Gasteiger charge is 2.33. The summed E-state index contributed by atoms with van der Waals surface area (Å²) >= 11 is 0. The molecule has 2 fully saturated rings. The summed E-state index contributed by atoms with van der Waals surface area (Å²) in [6.45, 7) is 7.22. The maximum atomic E-state index is 12.3. The molecule has 0 heterocycles. The molecule has 2 rings (SSSR count). The predicted molar refractivity (Wildman–Crippen MR) is 115 cm³/mol. The molecule has 2 aliphatic carbocycles. The highest BCUT2D eigenvalue weighted by Crippen LogP contribution is 2.42. The first-order chi connectivity index (χ1) is 13.1. The van der Waals surface area contributed by atoms with E-state index in [-0.39, 0.29) is 11.9 Å². The van der Waals surface area contributed by atoms with E-state index in [9.17, 15) is 4.79 Å². The Bertz CT molecular complexity index is 389. The molecule has 0 aromatic heterocycles. The van der Waals surface area contributed by atoms with Gasteiger partial charge in [0.05, 0.1) is 12.5 Å². The van der Waals surface area contributed by atoms with Crippen molar-refractivity contribution in [2.24, 2.45) is 29.6 Å². The predicted octanol–water partition coefficient (Wildman–Crippen LogP) is 7.55. The lowest BCUT2D eigenvalue weighted by Crippen LogP contribution is -2.29. The summed E-state index contributed by atoms with van der Waals surface area (Å²) in [4.78, 5) is 12.3. The van der Waals surface area contributed by atoms with Crippen LogP contribution in [0, 0.1) is 29.6 Å². The van der Waals surface area contributed by atoms with Crippen molar-refractivity contribution in [3.8, 4) is 0 Å². The third-order valence-electron chi connectivity index (χ3n) is 7.59. The maximum Gasteiger partial charge on any atom is 0.308 e. The lowest BCUT2D eigenvalue weighted by molar-refractivity contribution is -0.151. The van der Waals surface area contributed by atoms with Gasteiger partial charge in [-0.3, -0.25) is 4.79 Å². The number of carbonyl (C=O) groups excluding carboxylic acids is 1. The van der Waals surface area contributed by atoms with Crippen molar-refractivity contribution in [3.05, 3.63) is 0 Å². The van der Waals surface area contributed by atoms with Crippen LogP contribution in [0.2, 0.25) is 0 Å². The second-order valence-corrected chi connectivity index (χ2v) is 9.74. The van der Waals surface area contributed by atoms with Gasteiger partial charge in [0.15, 0.2) is 0 Å². The number of hydrogen-bond donors (Lipinski definition) is 0. The van der Waals surface area contributed by atoms with Crippen LogP contribution in [-0.2, 0) is 9.53 Å². The van der Waals surface area contributed by atoms with Gasteiger partial charge in [0.1, 0.15) is 0 Å². The number of unbranched alkanes of at least 4 members (excludes halogenated alkanes) is 4. The fourth-order valence-electron chi connectivity index (χ4n) is 5.27. The Balaban J connectivity index is 1.58. The molecule has 0 saturated heterocycles. The van der Waals surface area contributed by atoms with E-state index in [2.05, 4.69) is 20.8 Å². The lowest BCUT2D eigenvalue weighted by Gasteiger charge is -2.37. The molecule has 0 N–H and O–H groups in total. The summed E-state index contributed by atoms with van der Waals surface area (Å²) < 4.78 is 5.55. The summed E-state index contributed by atoms with van der Waals surface area (Å²) in [6, 6.07) is 0. The molecule has 158 valence electrons. The van der Waals surface area contributed by atoms with E-state index >= 15 is 0 Å². The minimum absolute atomic E-state index is 0.0838. The average Bonchev–Trinajstić information content (AvgIpc) is 2.72. The van der Waals surface area contributed by atoms with Crippen LogP contribution in [0.5, 0.6) is 0 Å². The van der Waals surface area contributed by atoms with E-state index in [1.165, 1.54) is 77.0 Å². The standard InChI is InChI=1S/C25H46O2/c1-4-6-7-8-9-10-21-11-13-22(14-12-21)23-15-17-24(18-16-23)25(26)27-19-20(3)5-2/h20-24H,4-19H2,1-3H3/t20-,21-,22-,23-,24-/m1/s1. The van der Waals surface area contributed by atoms with Gasteiger partial charge in [-0.25, -0.2) is 0 Å². The highest BCUT2D eigenvalue weighted by molar-refractivity contribution is 5.72. The summed E-state index contributed by atoms with van der Waals surface area (Å²) in [7, 11) is 0. The van der Waals surface area contributed by atoms with Crippen molar-refractivity contribution >= 4 is 5.97 Å². The fraction of sp³-hybridized carbons (Fsp3) is 0.960. The fourth-order valence-corrected chi connectivity index (χ4v) is 5.27. The molecule has 0 radical (unpaired) electrons. The number of rotatable bonds is 11. The van der Waals surface area contributed by atoms with Gasteiger partial charge >= 0.3 is 5.97 Å². The molecule has 2 saturated carbocycles. The molecule has 0 bridgehead atoms. The molecular weight excluding hydrogens is 332 g/mol. The van der Waals surface area contributed by atoms with Crippen LogP contribution in [0.15, 0.2) is 0 Å². The SMILES string of the molecule is CCCCCCC[C@H]1CC[C@H]([C@H]2CC[C@H](C(=O)OC[C@H](C)CC)CC2)CC1. The molecule has 2 aliphatic rings. The first-order valence-electron chi connectivity index (χ1n) is 12.3. The number of hydrogen-bond acceptors (Lipinski definition) is 2. The van der Waals surface area contributed by atoms with Crippen LogP contribution in [0.25, 0.3) is 0 Å². The number of ether oxygens (including phenoxy) is 1. The third kappa shape index (κ3) is 8.16. The largest absolute Gasteiger partial charge is 0.465 e. The van der Waals surface area contributed by atoms with E-state index in [1.807, 2.05) is 0 Å². The Morgan fingerprint density at radius 3 is 2.04 bits per heavy atom. The van der Waals surface area contributed by atoms with Crippen LogP contribution in [0.4, 0.5) is 0 Å². The first kappa shape index (κ1) is 22.8. The second-order valence-electron chi connectivity index (χ2n) is 9.74. The molecule has 1 atom stereocenters. The maximum absolute atomic E-state index is 12.3. The zero-order valence-electron chi connectivity index (χ0n) is 18.5. The van der Waals surface area contributed by atoms with Gasteiger partial charge in [0.25, 0.3) is 0 Å². The zero-order chi connectivity index (χ0) is 19.5. The molecule has 2 nitrogen and oxygen atoms in total. The second kappa shape index (κ2) is 12.8. The van der Waals surface area contributed by atoms with Crippen molar-refractivity contribution in [1.29, 1.82) is 0 Å². The van der Waals surface area contributed by atoms with Gasteiger partial charge in [-0.2, -0.15) is 0 Å². The number of esters is 1. The molecular formula is C25H46O2. The smallest absolute Gasteiger partial charge is 0.308 e. The first-order valence-corrected chi connectivity index (χ1v) is 12.3. The molecule has 27 heavy (non-hydrogen) atoms. The summed E-state index contributed by atoms with van der Waals surface area (Å²) in [5.41, 5.74) is 0. The van der Waals surface area contributed by atoms with Crippen LogP contribution >= 0.6 is 0 Å². The van der Waals surface area contributed by atoms with Gasteiger partial charge in [-0.1, -0.05) is 78.6 Å². The van der Waals surface area contributed by atoms with Gasteiger partial charge in [0, 0.05) is 0 Å². The van der Waals surface area contributed by atoms with Crippen molar-refractivity contribution < 1.29 is 9.53 Å². The Morgan fingerprint density at radius 1 is 0.852 bits per heavy atom. The summed E-state index contributed by atoms with van der Waals surface area (Å²) in [5, 5.41) is 0. The average molecular weight is 379 g/mol. The van der Waals surface area contributed by atoms with Crippen LogP contribution in [-0.4, -0.2) is 12.6 Å². The van der Waals surface area contributed by atoms with E-state index in [0.29, 0.717) is 12.5 Å². The van der Waals surface area contributed by atoms with Crippen molar-refractivity contribution in [2.75, 3.05) is 6.61 Å². The van der Waals surface area contributed by atoms with Crippen molar-refractivity contribution in [3.63, 3.8) is 0 Å². The van der Waals surface area contributed by atoms with E-state index in [0.717, 1.165) is 37.0 Å². The number of carbonyl (C=O) groups is 1. The molecule has 0 spiro atoms.